The van der Waals surface area contributed by atoms with Crippen LogP contribution >= 0.6 is 11.6 Å². The lowest BCUT2D eigenvalue weighted by molar-refractivity contribution is -0.137. The number of nitrogens with zero attached hydrogens (tertiary/aromatic N) is 2. The average Bonchev–Trinajstić information content (AvgIpc) is 2.96. The van der Waals surface area contributed by atoms with Gasteiger partial charge >= 0.3 is 5.97 Å². The Labute approximate surface area is 244 Å². The van der Waals surface area contributed by atoms with E-state index in [1.54, 1.807) is 0 Å². The molecule has 0 saturated carbocycles. The van der Waals surface area contributed by atoms with Crippen molar-refractivity contribution in [1.29, 1.82) is 0 Å². The van der Waals surface area contributed by atoms with Crippen molar-refractivity contribution in [2.45, 2.75) is 47.0 Å². The minimum Gasteiger partial charge on any atom is -0.494 e. The Balaban J connectivity index is 0.00000274. The molecule has 0 aliphatic rings. The molecule has 1 N–H and O–H groups in total. The van der Waals surface area contributed by atoms with Crippen molar-refractivity contribution >= 4 is 35.6 Å². The zero-order valence-electron chi connectivity index (χ0n) is 24.2. The van der Waals surface area contributed by atoms with E-state index in [9.17, 15) is 4.79 Å². The van der Waals surface area contributed by atoms with Crippen LogP contribution in [0.15, 0.2) is 84.0 Å². The minimum atomic E-state index is -0.769. The van der Waals surface area contributed by atoms with E-state index in [-0.39, 0.29) is 6.42 Å². The molecule has 0 unspecified atom stereocenters. The van der Waals surface area contributed by atoms with Gasteiger partial charge in [0.05, 0.1) is 12.3 Å². The van der Waals surface area contributed by atoms with Gasteiger partial charge in [0.25, 0.3) is 0 Å². The Morgan fingerprint density at radius 1 is 1.00 bits per heavy atom. The van der Waals surface area contributed by atoms with Crippen molar-refractivity contribution in [2.24, 2.45) is 4.99 Å². The molecule has 0 spiro atoms. The lowest BCUT2D eigenvalue weighted by Crippen LogP contribution is -2.09. The first-order valence-electron chi connectivity index (χ1n) is 13.8. The van der Waals surface area contributed by atoms with Crippen LogP contribution in [0.25, 0.3) is 22.9 Å². The molecule has 5 nitrogen and oxygen atoms in total. The fourth-order valence-corrected chi connectivity index (χ4v) is 3.99. The van der Waals surface area contributed by atoms with Gasteiger partial charge in [-0.25, -0.2) is 0 Å². The lowest BCUT2D eigenvalue weighted by Gasteiger charge is -2.14. The van der Waals surface area contributed by atoms with Crippen LogP contribution in [-0.4, -0.2) is 42.4 Å². The number of carboxylic acid groups (broad SMARTS) is 1. The number of carboxylic acids is 1. The van der Waals surface area contributed by atoms with Gasteiger partial charge in [-0.1, -0.05) is 74.0 Å². The summed E-state index contributed by atoms with van der Waals surface area (Å²) in [5.74, 6) is 0.0187. The van der Waals surface area contributed by atoms with E-state index in [1.165, 1.54) is 0 Å². The highest BCUT2D eigenvalue weighted by atomic mass is 35.5. The van der Waals surface area contributed by atoms with Gasteiger partial charge < -0.3 is 14.7 Å². The third-order valence-corrected chi connectivity index (χ3v) is 6.28. The van der Waals surface area contributed by atoms with E-state index in [0.717, 1.165) is 57.3 Å². The number of aliphatic imine (C=N–C) groups is 1. The summed E-state index contributed by atoms with van der Waals surface area (Å²) in [6.45, 7) is 9.55. The number of ether oxygens (including phenoxy) is 1. The van der Waals surface area contributed by atoms with Crippen molar-refractivity contribution in [3.63, 3.8) is 0 Å². The number of hydrogen-bond acceptors (Lipinski definition) is 4. The number of aliphatic carboxylic acids is 1. The van der Waals surface area contributed by atoms with E-state index in [0.29, 0.717) is 13.0 Å². The van der Waals surface area contributed by atoms with Gasteiger partial charge in [-0.3, -0.25) is 9.79 Å². The van der Waals surface area contributed by atoms with Crippen molar-refractivity contribution < 1.29 is 14.6 Å². The lowest BCUT2D eigenvalue weighted by atomic mass is 10.0. The predicted molar refractivity (Wildman–Crippen MR) is 170 cm³/mol. The maximum absolute atomic E-state index is 10.6. The summed E-state index contributed by atoms with van der Waals surface area (Å²) >= 11 is 6.14. The van der Waals surface area contributed by atoms with Crippen molar-refractivity contribution in [3.8, 4) is 16.9 Å². The predicted octanol–water partition coefficient (Wildman–Crippen LogP) is 9.01. The largest absolute Gasteiger partial charge is 0.494 e. The maximum atomic E-state index is 10.6. The molecule has 3 aromatic carbocycles. The molecular formula is C34H41ClN2O3. The van der Waals surface area contributed by atoms with Gasteiger partial charge in [-0.05, 0) is 79.3 Å². The van der Waals surface area contributed by atoms with Gasteiger partial charge in [0, 0.05) is 43.0 Å². The molecule has 3 aromatic rings. The van der Waals surface area contributed by atoms with Gasteiger partial charge in [-0.15, -0.1) is 0 Å². The first kappa shape index (κ1) is 32.4. The van der Waals surface area contributed by atoms with Crippen LogP contribution in [0.2, 0.25) is 5.02 Å². The highest BCUT2D eigenvalue weighted by Crippen LogP contribution is 2.25. The summed E-state index contributed by atoms with van der Waals surface area (Å²) in [7, 11) is 2.03. The molecule has 0 aromatic heterocycles. The number of aryl methyl sites for hydroxylation is 1. The molecular weight excluding hydrogens is 520 g/mol. The summed E-state index contributed by atoms with van der Waals surface area (Å²) in [5, 5.41) is 9.41. The first-order chi connectivity index (χ1) is 19.4. The minimum absolute atomic E-state index is 0.179. The molecule has 0 atom stereocenters. The van der Waals surface area contributed by atoms with Crippen LogP contribution in [-0.2, 0) is 4.79 Å². The monoisotopic (exact) mass is 560 g/mol. The summed E-state index contributed by atoms with van der Waals surface area (Å²) in [6.07, 6.45) is 9.37. The smallest absolute Gasteiger partial charge is 0.303 e. The van der Waals surface area contributed by atoms with Gasteiger partial charge in [0.2, 0.25) is 0 Å². The molecule has 40 heavy (non-hydrogen) atoms. The molecule has 3 rings (SSSR count). The summed E-state index contributed by atoms with van der Waals surface area (Å²) in [6, 6.07) is 22.2. The van der Waals surface area contributed by atoms with E-state index >= 15 is 0 Å². The number of halogens is 1. The quantitative estimate of drug-likeness (QED) is 0.167. The highest BCUT2D eigenvalue weighted by molar-refractivity contribution is 6.30. The zero-order chi connectivity index (χ0) is 29.3. The topological polar surface area (TPSA) is 62.1 Å². The zero-order valence-corrected chi connectivity index (χ0v) is 25.0. The van der Waals surface area contributed by atoms with E-state index in [1.807, 2.05) is 94.9 Å². The number of carbonyl (C=O) groups is 1. The van der Waals surface area contributed by atoms with Crippen molar-refractivity contribution in [2.75, 3.05) is 20.2 Å². The summed E-state index contributed by atoms with van der Waals surface area (Å²) in [5.41, 5.74) is 6.33. The molecule has 0 radical (unpaired) electrons. The van der Waals surface area contributed by atoms with Crippen LogP contribution in [0.5, 0.6) is 5.75 Å². The Morgan fingerprint density at radius 2 is 1.65 bits per heavy atom. The van der Waals surface area contributed by atoms with Crippen LogP contribution < -0.4 is 4.74 Å². The van der Waals surface area contributed by atoms with Crippen LogP contribution in [0, 0.1) is 6.92 Å². The number of hydrogen-bond donors (Lipinski definition) is 1. The number of rotatable bonds is 13. The van der Waals surface area contributed by atoms with Gasteiger partial charge in [-0.2, -0.15) is 0 Å². The highest BCUT2D eigenvalue weighted by Gasteiger charge is 2.06. The Morgan fingerprint density at radius 3 is 2.25 bits per heavy atom. The second kappa shape index (κ2) is 17.7. The third-order valence-electron chi connectivity index (χ3n) is 6.05. The Hall–Kier alpha value is -3.83. The van der Waals surface area contributed by atoms with Gasteiger partial charge in [0.1, 0.15) is 5.75 Å². The molecule has 0 aliphatic heterocycles. The standard InChI is InChI=1S/C32H35ClN2O3.C2H6/c1-4-35(3)23-31(30-19-16-28(33)22-24(30)2)34-20-7-8-25-10-12-26(13-11-25)27-14-17-29(18-15-27)38-21-6-5-9-32(36)37;1-2/h7-8,10-20,22-23H,4-6,9,21H2,1-3H3,(H,36,37);1-2H3/b8-7+,31-23-,34-20-;. The van der Waals surface area contributed by atoms with Crippen molar-refractivity contribution in [1.82, 2.24) is 4.90 Å². The normalized spacial score (nSPS) is 11.4. The Bertz CT molecular complexity index is 1280. The first-order valence-corrected chi connectivity index (χ1v) is 14.2. The van der Waals surface area contributed by atoms with E-state index in [4.69, 9.17) is 26.4 Å². The molecule has 0 heterocycles. The second-order valence-electron chi connectivity index (χ2n) is 9.03. The average molecular weight is 561 g/mol. The van der Waals surface area contributed by atoms with Crippen molar-refractivity contribution in [3.05, 3.63) is 101 Å². The van der Waals surface area contributed by atoms with E-state index in [2.05, 4.69) is 36.1 Å². The molecule has 0 bridgehead atoms. The fourth-order valence-electron chi connectivity index (χ4n) is 3.76. The molecule has 0 saturated heterocycles. The molecule has 212 valence electrons. The molecule has 0 fully saturated rings. The summed E-state index contributed by atoms with van der Waals surface area (Å²) < 4.78 is 5.71. The Kier molecular flexibility index (Phi) is 14.3. The SMILES string of the molecule is CC.CCN(C)\C=C(/N=C\C=C\c1ccc(-c2ccc(OCCCCC(=O)O)cc2)cc1)c1ccc(Cl)cc1C. The van der Waals surface area contributed by atoms with Gasteiger partial charge in [0.15, 0.2) is 0 Å². The van der Waals surface area contributed by atoms with Crippen LogP contribution in [0.1, 0.15) is 56.7 Å². The number of benzene rings is 3. The fraction of sp³-hybridized carbons (Fsp3) is 0.294. The molecule has 0 amide bonds. The van der Waals surface area contributed by atoms with Crippen LogP contribution in [0.4, 0.5) is 0 Å². The number of unbranched alkanes of at least 4 members (excludes halogenated alkanes) is 1. The van der Waals surface area contributed by atoms with Crippen LogP contribution in [0.3, 0.4) is 0 Å². The second-order valence-corrected chi connectivity index (χ2v) is 9.47. The number of allylic oxidation sites excluding steroid dienone is 1. The maximum Gasteiger partial charge on any atom is 0.303 e. The summed E-state index contributed by atoms with van der Waals surface area (Å²) in [4.78, 5) is 17.4. The van der Waals surface area contributed by atoms with E-state index < -0.39 is 5.97 Å². The molecule has 6 heteroatoms. The third kappa shape index (κ3) is 11.1. The molecule has 0 aliphatic carbocycles.